The molecule has 1 amide bonds. The number of carbonyl (C=O) groups is 1. The lowest BCUT2D eigenvalue weighted by atomic mass is 9.99. The van der Waals surface area contributed by atoms with Crippen molar-refractivity contribution in [3.05, 3.63) is 29.8 Å². The van der Waals surface area contributed by atoms with Gasteiger partial charge in [-0.15, -0.1) is 0 Å². The number of hydrogen-bond acceptors (Lipinski definition) is 4. The Morgan fingerprint density at radius 1 is 1.39 bits per heavy atom. The summed E-state index contributed by atoms with van der Waals surface area (Å²) < 4.78 is 26.0. The van der Waals surface area contributed by atoms with E-state index in [4.69, 9.17) is 5.73 Å². The molecular weight excluding hydrogens is 314 g/mol. The molecule has 7 heteroatoms. The van der Waals surface area contributed by atoms with Crippen LogP contribution in [-0.2, 0) is 14.8 Å². The van der Waals surface area contributed by atoms with E-state index in [9.17, 15) is 13.2 Å². The Labute approximate surface area is 137 Å². The van der Waals surface area contributed by atoms with Crippen molar-refractivity contribution in [2.45, 2.75) is 49.6 Å². The predicted octanol–water partition coefficient (Wildman–Crippen LogP) is 1.29. The van der Waals surface area contributed by atoms with Gasteiger partial charge in [0.15, 0.2) is 0 Å². The highest BCUT2D eigenvalue weighted by molar-refractivity contribution is 7.89. The molecule has 2 rings (SSSR count). The van der Waals surface area contributed by atoms with E-state index in [1.807, 2.05) is 6.92 Å². The number of nitrogens with two attached hydrogens (primary N) is 1. The van der Waals surface area contributed by atoms with Crippen LogP contribution in [0.2, 0.25) is 0 Å². The summed E-state index contributed by atoms with van der Waals surface area (Å²) in [5.74, 6) is 0.208. The van der Waals surface area contributed by atoms with Crippen LogP contribution in [0.4, 0.5) is 0 Å². The van der Waals surface area contributed by atoms with E-state index in [-0.39, 0.29) is 28.8 Å². The number of amides is 1. The lowest BCUT2D eigenvalue weighted by Crippen LogP contribution is -2.33. The molecule has 4 N–H and O–H groups in total. The number of sulfonamides is 1. The first-order chi connectivity index (χ1) is 10.8. The minimum absolute atomic E-state index is 0.0401. The van der Waals surface area contributed by atoms with Gasteiger partial charge in [0.05, 0.1) is 10.9 Å². The van der Waals surface area contributed by atoms with Gasteiger partial charge in [0.1, 0.15) is 0 Å². The Morgan fingerprint density at radius 3 is 2.74 bits per heavy atom. The second-order valence-electron chi connectivity index (χ2n) is 6.13. The van der Waals surface area contributed by atoms with Crippen molar-refractivity contribution in [2.75, 3.05) is 7.05 Å². The van der Waals surface area contributed by atoms with Gasteiger partial charge in [-0.25, -0.2) is 13.1 Å². The molecule has 0 aliphatic heterocycles. The molecule has 1 aromatic rings. The van der Waals surface area contributed by atoms with Crippen LogP contribution >= 0.6 is 0 Å². The fourth-order valence-corrected chi connectivity index (χ4v) is 3.79. The quantitative estimate of drug-likeness (QED) is 0.727. The minimum atomic E-state index is -3.49. The van der Waals surface area contributed by atoms with Crippen LogP contribution in [0.3, 0.4) is 0 Å². The molecule has 1 fully saturated rings. The lowest BCUT2D eigenvalue weighted by molar-refractivity contribution is -0.122. The maximum atomic E-state index is 12.2. The first kappa shape index (κ1) is 17.9. The van der Waals surface area contributed by atoms with Crippen molar-refractivity contribution < 1.29 is 13.2 Å². The summed E-state index contributed by atoms with van der Waals surface area (Å²) in [5, 5.41) is 2.93. The highest BCUT2D eigenvalue weighted by Crippen LogP contribution is 2.27. The van der Waals surface area contributed by atoms with Gasteiger partial charge >= 0.3 is 0 Å². The van der Waals surface area contributed by atoms with Gasteiger partial charge in [0.2, 0.25) is 15.9 Å². The molecule has 1 aromatic carbocycles. The van der Waals surface area contributed by atoms with Crippen molar-refractivity contribution in [1.82, 2.24) is 10.0 Å². The number of rotatable bonds is 6. The zero-order chi connectivity index (χ0) is 17.0. The Balaban J connectivity index is 2.01. The number of hydrogen-bond donors (Lipinski definition) is 3. The molecule has 3 atom stereocenters. The van der Waals surface area contributed by atoms with Crippen LogP contribution < -0.4 is 15.8 Å². The average molecular weight is 339 g/mol. The predicted molar refractivity (Wildman–Crippen MR) is 89.2 cm³/mol. The van der Waals surface area contributed by atoms with Gasteiger partial charge in [0, 0.05) is 12.5 Å². The van der Waals surface area contributed by atoms with Crippen molar-refractivity contribution in [3.63, 3.8) is 0 Å². The zero-order valence-corrected chi connectivity index (χ0v) is 14.4. The monoisotopic (exact) mass is 339 g/mol. The fraction of sp³-hybridized carbons (Fsp3) is 0.562. The molecule has 6 nitrogen and oxygen atoms in total. The van der Waals surface area contributed by atoms with Crippen molar-refractivity contribution in [1.29, 1.82) is 0 Å². The number of nitrogens with one attached hydrogen (secondary N) is 2. The van der Waals surface area contributed by atoms with Crippen LogP contribution in [-0.4, -0.2) is 27.4 Å². The first-order valence-corrected chi connectivity index (χ1v) is 9.40. The molecule has 1 aliphatic rings. The molecule has 1 aliphatic carbocycles. The van der Waals surface area contributed by atoms with Crippen molar-refractivity contribution >= 4 is 15.9 Å². The molecule has 0 bridgehead atoms. The minimum Gasteiger partial charge on any atom is -0.350 e. The Hall–Kier alpha value is -1.44. The standard InChI is InChI=1S/C16H25N3O3S/c1-11(19-16(20)10-13-6-4-8-15(13)17)12-5-3-7-14(9-12)23(21,22)18-2/h3,5,7,9,11,13,15,18H,4,6,8,10,17H2,1-2H3,(H,19,20)/t11?,13-,15+/m0/s1. The normalized spacial score (nSPS) is 22.7. The van der Waals surface area contributed by atoms with E-state index < -0.39 is 10.0 Å². The molecular formula is C16H25N3O3S. The molecule has 1 unspecified atom stereocenters. The molecule has 0 radical (unpaired) electrons. The summed E-state index contributed by atoms with van der Waals surface area (Å²) in [5.41, 5.74) is 6.75. The maximum Gasteiger partial charge on any atom is 0.240 e. The zero-order valence-electron chi connectivity index (χ0n) is 13.6. The van der Waals surface area contributed by atoms with Gasteiger partial charge < -0.3 is 11.1 Å². The molecule has 23 heavy (non-hydrogen) atoms. The third-order valence-corrected chi connectivity index (χ3v) is 5.89. The Morgan fingerprint density at radius 2 is 2.13 bits per heavy atom. The summed E-state index contributed by atoms with van der Waals surface area (Å²) in [6.07, 6.45) is 3.49. The van der Waals surface area contributed by atoms with E-state index >= 15 is 0 Å². The summed E-state index contributed by atoms with van der Waals surface area (Å²) in [4.78, 5) is 12.4. The number of benzene rings is 1. The van der Waals surface area contributed by atoms with Crippen LogP contribution in [0, 0.1) is 5.92 Å². The Kier molecular flexibility index (Phi) is 5.78. The van der Waals surface area contributed by atoms with Gasteiger partial charge in [0.25, 0.3) is 0 Å². The van der Waals surface area contributed by atoms with Crippen LogP contribution in [0.1, 0.15) is 44.2 Å². The second kappa shape index (κ2) is 7.42. The van der Waals surface area contributed by atoms with E-state index in [0.717, 1.165) is 24.8 Å². The van der Waals surface area contributed by atoms with Crippen LogP contribution in [0.25, 0.3) is 0 Å². The van der Waals surface area contributed by atoms with Gasteiger partial charge in [-0.2, -0.15) is 0 Å². The molecule has 0 saturated heterocycles. The van der Waals surface area contributed by atoms with Gasteiger partial charge in [-0.3, -0.25) is 4.79 Å². The average Bonchev–Trinajstić information content (AvgIpc) is 2.92. The molecule has 0 spiro atoms. The summed E-state index contributed by atoms with van der Waals surface area (Å²) >= 11 is 0. The smallest absolute Gasteiger partial charge is 0.240 e. The summed E-state index contributed by atoms with van der Waals surface area (Å²) in [6.45, 7) is 1.84. The third kappa shape index (κ3) is 4.53. The van der Waals surface area contributed by atoms with E-state index in [1.54, 1.807) is 18.2 Å². The van der Waals surface area contributed by atoms with Gasteiger partial charge in [-0.1, -0.05) is 18.6 Å². The Bertz CT molecular complexity index is 660. The topological polar surface area (TPSA) is 101 Å². The summed E-state index contributed by atoms with van der Waals surface area (Å²) in [7, 11) is -2.11. The summed E-state index contributed by atoms with van der Waals surface area (Å²) in [6, 6.07) is 6.45. The SMILES string of the molecule is CNS(=O)(=O)c1cccc(C(C)NC(=O)C[C@@H]2CCC[C@H]2N)c1. The maximum absolute atomic E-state index is 12.2. The van der Waals surface area contributed by atoms with Crippen molar-refractivity contribution in [2.24, 2.45) is 11.7 Å². The lowest BCUT2D eigenvalue weighted by Gasteiger charge is -2.19. The number of carbonyl (C=O) groups excluding carboxylic acids is 1. The van der Waals surface area contributed by atoms with E-state index in [2.05, 4.69) is 10.0 Å². The molecule has 1 saturated carbocycles. The largest absolute Gasteiger partial charge is 0.350 e. The highest BCUT2D eigenvalue weighted by atomic mass is 32.2. The van der Waals surface area contributed by atoms with Gasteiger partial charge in [-0.05, 0) is 50.4 Å². The van der Waals surface area contributed by atoms with Crippen LogP contribution in [0.5, 0.6) is 0 Å². The van der Waals surface area contributed by atoms with E-state index in [0.29, 0.717) is 6.42 Å². The second-order valence-corrected chi connectivity index (χ2v) is 8.01. The fourth-order valence-electron chi connectivity index (χ4n) is 3.01. The van der Waals surface area contributed by atoms with E-state index in [1.165, 1.54) is 13.1 Å². The first-order valence-electron chi connectivity index (χ1n) is 7.92. The molecule has 128 valence electrons. The third-order valence-electron chi connectivity index (χ3n) is 4.48. The van der Waals surface area contributed by atoms with Crippen LogP contribution in [0.15, 0.2) is 29.2 Å². The molecule has 0 heterocycles. The molecule has 0 aromatic heterocycles. The highest BCUT2D eigenvalue weighted by Gasteiger charge is 2.26. The van der Waals surface area contributed by atoms with Crippen molar-refractivity contribution in [3.8, 4) is 0 Å².